The van der Waals surface area contributed by atoms with Crippen LogP contribution in [0.25, 0.3) is 0 Å². The summed E-state index contributed by atoms with van der Waals surface area (Å²) in [6, 6.07) is 0. The van der Waals surface area contributed by atoms with Crippen molar-refractivity contribution in [2.24, 2.45) is 16.8 Å². The standard InChI is InChI=1S/C12H19N7OS/c1-8-7-21-12(16-8)9-6-19(4-5-20-9)10(13)2-3-11(17-14)18-15/h2-3,7,9,13H,4-6,14-15H2,1H3,(H,17,18)/b3-2-,13-10?. The van der Waals surface area contributed by atoms with Gasteiger partial charge in [-0.05, 0) is 19.1 Å². The van der Waals surface area contributed by atoms with Crippen LogP contribution in [0.2, 0.25) is 0 Å². The normalized spacial score (nSPS) is 20.0. The molecule has 21 heavy (non-hydrogen) atoms. The molecule has 0 bridgehead atoms. The highest BCUT2D eigenvalue weighted by Crippen LogP contribution is 2.25. The van der Waals surface area contributed by atoms with E-state index in [0.29, 0.717) is 31.4 Å². The highest BCUT2D eigenvalue weighted by atomic mass is 32.1. The van der Waals surface area contributed by atoms with Gasteiger partial charge in [0.2, 0.25) is 0 Å². The van der Waals surface area contributed by atoms with Crippen LogP contribution in [-0.4, -0.2) is 41.3 Å². The van der Waals surface area contributed by atoms with Crippen molar-refractivity contribution in [1.82, 2.24) is 15.3 Å². The maximum absolute atomic E-state index is 8.09. The molecule has 1 aromatic rings. The van der Waals surface area contributed by atoms with Crippen LogP contribution < -0.4 is 17.1 Å². The lowest BCUT2D eigenvalue weighted by Crippen LogP contribution is -2.41. The zero-order valence-electron chi connectivity index (χ0n) is 11.7. The Hall–Kier alpha value is -1.97. The Morgan fingerprint density at radius 2 is 2.48 bits per heavy atom. The number of thiazole rings is 1. The number of hydrogen-bond donors (Lipinski definition) is 4. The third-order valence-electron chi connectivity index (χ3n) is 3.01. The lowest BCUT2D eigenvalue weighted by atomic mass is 10.2. The SMILES string of the molecule is Cc1csc(C2CN(C(=N)/C=C\C(=N\N)NN)CCO2)n1. The Balaban J connectivity index is 1.99. The Bertz CT molecular complexity index is 554. The first-order valence-electron chi connectivity index (χ1n) is 6.43. The van der Waals surface area contributed by atoms with E-state index in [9.17, 15) is 0 Å². The van der Waals surface area contributed by atoms with E-state index in [-0.39, 0.29) is 6.10 Å². The molecule has 1 aliphatic heterocycles. The van der Waals surface area contributed by atoms with Gasteiger partial charge in [0.1, 0.15) is 16.9 Å². The molecule has 9 heteroatoms. The Morgan fingerprint density at radius 1 is 1.67 bits per heavy atom. The van der Waals surface area contributed by atoms with E-state index in [0.717, 1.165) is 10.7 Å². The van der Waals surface area contributed by atoms with Gasteiger partial charge < -0.3 is 20.9 Å². The molecule has 2 rings (SSSR count). The van der Waals surface area contributed by atoms with E-state index >= 15 is 0 Å². The van der Waals surface area contributed by atoms with E-state index in [1.807, 2.05) is 17.2 Å². The summed E-state index contributed by atoms with van der Waals surface area (Å²) in [7, 11) is 0. The number of morpholine rings is 1. The number of nitrogens with zero attached hydrogens (tertiary/aromatic N) is 3. The fraction of sp³-hybridized carbons (Fsp3) is 0.417. The third kappa shape index (κ3) is 4.00. The summed E-state index contributed by atoms with van der Waals surface area (Å²) < 4.78 is 5.74. The molecule has 114 valence electrons. The number of amidine groups is 2. The number of nitrogens with two attached hydrogens (primary N) is 2. The van der Waals surface area contributed by atoms with Gasteiger partial charge in [0.25, 0.3) is 0 Å². The molecule has 1 aliphatic rings. The van der Waals surface area contributed by atoms with Crippen molar-refractivity contribution < 1.29 is 4.74 Å². The predicted molar refractivity (Wildman–Crippen MR) is 82.9 cm³/mol. The summed E-state index contributed by atoms with van der Waals surface area (Å²) in [5.74, 6) is 11.0. The number of rotatable bonds is 3. The minimum atomic E-state index is -0.0959. The van der Waals surface area contributed by atoms with E-state index in [4.69, 9.17) is 21.8 Å². The lowest BCUT2D eigenvalue weighted by molar-refractivity contribution is -0.00696. The quantitative estimate of drug-likeness (QED) is 0.271. The molecule has 0 amide bonds. The molecule has 1 unspecified atom stereocenters. The molecule has 1 fully saturated rings. The van der Waals surface area contributed by atoms with Crippen LogP contribution in [0.4, 0.5) is 0 Å². The highest BCUT2D eigenvalue weighted by Gasteiger charge is 2.24. The van der Waals surface area contributed by atoms with Crippen LogP contribution in [0.15, 0.2) is 22.6 Å². The summed E-state index contributed by atoms with van der Waals surface area (Å²) in [4.78, 5) is 6.37. The molecule has 6 N–H and O–H groups in total. The average molecular weight is 309 g/mol. The molecule has 1 saturated heterocycles. The van der Waals surface area contributed by atoms with Crippen LogP contribution in [0, 0.1) is 12.3 Å². The Morgan fingerprint density at radius 3 is 3.10 bits per heavy atom. The van der Waals surface area contributed by atoms with Crippen molar-refractivity contribution in [2.45, 2.75) is 13.0 Å². The van der Waals surface area contributed by atoms with Gasteiger partial charge in [0, 0.05) is 17.6 Å². The first-order valence-corrected chi connectivity index (χ1v) is 7.31. The van der Waals surface area contributed by atoms with Crippen LogP contribution in [0.5, 0.6) is 0 Å². The zero-order valence-corrected chi connectivity index (χ0v) is 12.6. The molecule has 1 atom stereocenters. The lowest BCUT2D eigenvalue weighted by Gasteiger charge is -2.32. The largest absolute Gasteiger partial charge is 0.367 e. The van der Waals surface area contributed by atoms with Crippen LogP contribution >= 0.6 is 11.3 Å². The van der Waals surface area contributed by atoms with Gasteiger partial charge in [-0.3, -0.25) is 5.41 Å². The fourth-order valence-corrected chi connectivity index (χ4v) is 2.76. The number of aryl methyl sites for hydroxylation is 1. The maximum atomic E-state index is 8.09. The Labute approximate surface area is 127 Å². The minimum Gasteiger partial charge on any atom is -0.367 e. The number of hydrazine groups is 1. The van der Waals surface area contributed by atoms with Gasteiger partial charge >= 0.3 is 0 Å². The summed E-state index contributed by atoms with van der Waals surface area (Å²) in [5.41, 5.74) is 3.33. The van der Waals surface area contributed by atoms with E-state index in [1.54, 1.807) is 23.5 Å². The second-order valence-corrected chi connectivity index (χ2v) is 5.40. The van der Waals surface area contributed by atoms with Gasteiger partial charge in [0.05, 0.1) is 13.2 Å². The molecule has 2 heterocycles. The number of aromatic nitrogens is 1. The average Bonchev–Trinajstić information content (AvgIpc) is 2.95. The highest BCUT2D eigenvalue weighted by molar-refractivity contribution is 7.09. The topological polar surface area (TPSA) is 126 Å². The molecular weight excluding hydrogens is 290 g/mol. The Kier molecular flexibility index (Phi) is 5.26. The molecular formula is C12H19N7OS. The number of ether oxygens (including phenoxy) is 1. The third-order valence-corrected chi connectivity index (χ3v) is 4.06. The van der Waals surface area contributed by atoms with Crippen LogP contribution in [-0.2, 0) is 4.74 Å². The fourth-order valence-electron chi connectivity index (χ4n) is 1.93. The summed E-state index contributed by atoms with van der Waals surface area (Å²) >= 11 is 1.58. The van der Waals surface area contributed by atoms with Crippen molar-refractivity contribution in [2.75, 3.05) is 19.7 Å². The number of hydrogen-bond acceptors (Lipinski definition) is 7. The number of hydrazone groups is 1. The zero-order chi connectivity index (χ0) is 15.2. The van der Waals surface area contributed by atoms with Gasteiger partial charge in [-0.15, -0.1) is 11.3 Å². The van der Waals surface area contributed by atoms with Crippen molar-refractivity contribution >= 4 is 23.0 Å². The maximum Gasteiger partial charge on any atom is 0.159 e. The van der Waals surface area contributed by atoms with Gasteiger partial charge in [-0.1, -0.05) is 0 Å². The van der Waals surface area contributed by atoms with Gasteiger partial charge in [0.15, 0.2) is 5.84 Å². The van der Waals surface area contributed by atoms with E-state index in [1.165, 1.54) is 0 Å². The molecule has 1 aromatic heterocycles. The van der Waals surface area contributed by atoms with Crippen molar-refractivity contribution in [3.8, 4) is 0 Å². The summed E-state index contributed by atoms with van der Waals surface area (Å²) in [6.07, 6.45) is 3.06. The van der Waals surface area contributed by atoms with Crippen molar-refractivity contribution in [1.29, 1.82) is 5.41 Å². The van der Waals surface area contributed by atoms with Gasteiger partial charge in [-0.2, -0.15) is 5.10 Å². The molecule has 0 saturated carbocycles. The second kappa shape index (κ2) is 7.16. The van der Waals surface area contributed by atoms with Crippen molar-refractivity contribution in [3.05, 3.63) is 28.2 Å². The molecule has 0 radical (unpaired) electrons. The summed E-state index contributed by atoms with van der Waals surface area (Å²) in [6.45, 7) is 3.78. The predicted octanol–water partition coefficient (Wildman–Crippen LogP) is 0.0938. The molecule has 0 spiro atoms. The minimum absolute atomic E-state index is 0.0959. The molecule has 8 nitrogen and oxygen atoms in total. The summed E-state index contributed by atoms with van der Waals surface area (Å²) in [5, 5.41) is 14.5. The second-order valence-electron chi connectivity index (χ2n) is 4.51. The monoisotopic (exact) mass is 309 g/mol. The van der Waals surface area contributed by atoms with Crippen LogP contribution in [0.1, 0.15) is 16.8 Å². The van der Waals surface area contributed by atoms with E-state index in [2.05, 4.69) is 15.5 Å². The first kappa shape index (κ1) is 15.4. The van der Waals surface area contributed by atoms with E-state index < -0.39 is 0 Å². The number of nitrogens with one attached hydrogen (secondary N) is 2. The van der Waals surface area contributed by atoms with Crippen molar-refractivity contribution in [3.63, 3.8) is 0 Å². The molecule has 0 aromatic carbocycles. The smallest absolute Gasteiger partial charge is 0.159 e. The molecule has 0 aliphatic carbocycles. The van der Waals surface area contributed by atoms with Crippen LogP contribution in [0.3, 0.4) is 0 Å². The van der Waals surface area contributed by atoms with Gasteiger partial charge in [-0.25, -0.2) is 10.8 Å². The first-order chi connectivity index (χ1) is 10.1.